The summed E-state index contributed by atoms with van der Waals surface area (Å²) < 4.78 is 5.30. The Morgan fingerprint density at radius 2 is 2.26 bits per heavy atom. The van der Waals surface area contributed by atoms with E-state index in [1.54, 1.807) is 25.4 Å². The molecule has 1 aliphatic rings. The molecule has 1 fully saturated rings. The van der Waals surface area contributed by atoms with E-state index < -0.39 is 0 Å². The smallest absolute Gasteiger partial charge is 0.254 e. The van der Waals surface area contributed by atoms with Crippen LogP contribution in [0.1, 0.15) is 40.6 Å². The maximum absolute atomic E-state index is 12.9. The van der Waals surface area contributed by atoms with Crippen LogP contribution >= 0.6 is 0 Å². The molecule has 0 aromatic carbocycles. The second kappa shape index (κ2) is 6.45. The molecule has 0 radical (unpaired) electrons. The first-order valence-corrected chi connectivity index (χ1v) is 7.82. The molecule has 0 N–H and O–H groups in total. The van der Waals surface area contributed by atoms with Gasteiger partial charge in [-0.15, -0.1) is 0 Å². The summed E-state index contributed by atoms with van der Waals surface area (Å²) in [4.78, 5) is 25.3. The summed E-state index contributed by atoms with van der Waals surface area (Å²) in [6, 6.07) is 1.73. The number of pyridine rings is 1. The maximum atomic E-state index is 12.9. The van der Waals surface area contributed by atoms with Crippen molar-refractivity contribution in [2.75, 3.05) is 26.7 Å². The summed E-state index contributed by atoms with van der Waals surface area (Å²) in [5.74, 6) is 1.21. The zero-order valence-electron chi connectivity index (χ0n) is 13.7. The lowest BCUT2D eigenvalue weighted by Crippen LogP contribution is -2.49. The monoisotopic (exact) mass is 315 g/mol. The van der Waals surface area contributed by atoms with Crippen molar-refractivity contribution in [2.24, 2.45) is 0 Å². The molecule has 1 amide bonds. The second-order valence-corrected chi connectivity index (χ2v) is 5.81. The molecule has 0 saturated carbocycles. The largest absolute Gasteiger partial charge is 0.338 e. The average Bonchev–Trinajstić information content (AvgIpc) is 3.01. The first-order chi connectivity index (χ1) is 11.1. The molecule has 1 saturated heterocycles. The topological polar surface area (TPSA) is 75.4 Å². The Bertz CT molecular complexity index is 699. The molecule has 1 unspecified atom stereocenters. The van der Waals surface area contributed by atoms with Gasteiger partial charge in [-0.3, -0.25) is 14.7 Å². The molecule has 0 bridgehead atoms. The number of aryl methyl sites for hydroxylation is 2. The molecule has 1 atom stereocenters. The van der Waals surface area contributed by atoms with Crippen LogP contribution in [0.3, 0.4) is 0 Å². The molecule has 2 aromatic rings. The van der Waals surface area contributed by atoms with Crippen LogP contribution in [-0.4, -0.2) is 57.5 Å². The fraction of sp³-hybridized carbons (Fsp3) is 0.500. The number of likely N-dealkylation sites (N-methyl/N-ethyl adjacent to an activating group) is 1. The lowest BCUT2D eigenvalue weighted by molar-refractivity contribution is 0.0488. The maximum Gasteiger partial charge on any atom is 0.254 e. The highest BCUT2D eigenvalue weighted by molar-refractivity contribution is 5.95. The molecule has 7 nitrogen and oxygen atoms in total. The Hall–Kier alpha value is -2.28. The summed E-state index contributed by atoms with van der Waals surface area (Å²) in [6.07, 6.45) is 4.22. The Morgan fingerprint density at radius 1 is 1.43 bits per heavy atom. The van der Waals surface area contributed by atoms with Gasteiger partial charge < -0.3 is 9.42 Å². The van der Waals surface area contributed by atoms with Crippen molar-refractivity contribution in [3.8, 4) is 0 Å². The Labute approximate surface area is 135 Å². The zero-order valence-corrected chi connectivity index (χ0v) is 13.7. The van der Waals surface area contributed by atoms with Gasteiger partial charge in [-0.05, 0) is 32.0 Å². The lowest BCUT2D eigenvalue weighted by Gasteiger charge is -2.37. The predicted molar refractivity (Wildman–Crippen MR) is 83.9 cm³/mol. The van der Waals surface area contributed by atoms with Gasteiger partial charge in [0, 0.05) is 37.6 Å². The molecular formula is C16H21N5O2. The average molecular weight is 315 g/mol. The van der Waals surface area contributed by atoms with Crippen LogP contribution in [0.25, 0.3) is 0 Å². The van der Waals surface area contributed by atoms with Gasteiger partial charge in [0.05, 0.1) is 0 Å². The predicted octanol–water partition coefficient (Wildman–Crippen LogP) is 1.46. The number of piperazine rings is 1. The third-order valence-corrected chi connectivity index (χ3v) is 4.28. The van der Waals surface area contributed by atoms with E-state index in [1.165, 1.54) is 0 Å². The van der Waals surface area contributed by atoms with Gasteiger partial charge in [0.15, 0.2) is 5.82 Å². The van der Waals surface area contributed by atoms with E-state index in [0.29, 0.717) is 24.8 Å². The van der Waals surface area contributed by atoms with Crippen molar-refractivity contribution in [3.05, 3.63) is 41.3 Å². The Kier molecular flexibility index (Phi) is 4.38. The van der Waals surface area contributed by atoms with Gasteiger partial charge in [-0.2, -0.15) is 4.98 Å². The summed E-state index contributed by atoms with van der Waals surface area (Å²) in [5, 5.41) is 3.86. The first-order valence-electron chi connectivity index (χ1n) is 7.82. The van der Waals surface area contributed by atoms with E-state index >= 15 is 0 Å². The summed E-state index contributed by atoms with van der Waals surface area (Å²) >= 11 is 0. The highest BCUT2D eigenvalue weighted by atomic mass is 16.5. The number of hydrogen-bond donors (Lipinski definition) is 0. The minimum Gasteiger partial charge on any atom is -0.338 e. The Morgan fingerprint density at radius 3 is 2.96 bits per heavy atom. The first kappa shape index (κ1) is 15.6. The van der Waals surface area contributed by atoms with Gasteiger partial charge in [0.25, 0.3) is 5.91 Å². The van der Waals surface area contributed by atoms with Crippen molar-refractivity contribution in [1.29, 1.82) is 0 Å². The van der Waals surface area contributed by atoms with Crippen molar-refractivity contribution in [3.63, 3.8) is 0 Å². The van der Waals surface area contributed by atoms with Crippen LogP contribution in [0.2, 0.25) is 0 Å². The fourth-order valence-electron chi connectivity index (χ4n) is 2.86. The SMILES string of the molecule is CCc1cnccc1C(=O)N1CCN(C)C(c2nc(C)no2)C1. The second-order valence-electron chi connectivity index (χ2n) is 5.81. The Balaban J connectivity index is 1.82. The minimum absolute atomic E-state index is 0.0404. The van der Waals surface area contributed by atoms with Crippen LogP contribution in [-0.2, 0) is 6.42 Å². The molecule has 3 heterocycles. The molecule has 0 aliphatic carbocycles. The van der Waals surface area contributed by atoms with Crippen molar-refractivity contribution >= 4 is 5.91 Å². The highest BCUT2D eigenvalue weighted by Gasteiger charge is 2.32. The van der Waals surface area contributed by atoms with E-state index in [9.17, 15) is 4.79 Å². The number of rotatable bonds is 3. The fourth-order valence-corrected chi connectivity index (χ4v) is 2.86. The van der Waals surface area contributed by atoms with Crippen molar-refractivity contribution < 1.29 is 9.32 Å². The van der Waals surface area contributed by atoms with Crippen LogP contribution in [0, 0.1) is 6.92 Å². The number of nitrogens with zero attached hydrogens (tertiary/aromatic N) is 5. The third-order valence-electron chi connectivity index (χ3n) is 4.28. The minimum atomic E-state index is -0.0687. The van der Waals surface area contributed by atoms with E-state index in [0.717, 1.165) is 24.1 Å². The molecule has 122 valence electrons. The van der Waals surface area contributed by atoms with Crippen molar-refractivity contribution in [1.82, 2.24) is 24.9 Å². The number of carbonyl (C=O) groups excluding carboxylic acids is 1. The van der Waals surface area contributed by atoms with Crippen LogP contribution in [0.15, 0.2) is 23.0 Å². The van der Waals surface area contributed by atoms with E-state index in [-0.39, 0.29) is 11.9 Å². The van der Waals surface area contributed by atoms with Gasteiger partial charge in [0.1, 0.15) is 6.04 Å². The van der Waals surface area contributed by atoms with Gasteiger partial charge in [-0.25, -0.2) is 0 Å². The van der Waals surface area contributed by atoms with E-state index in [1.807, 2.05) is 18.9 Å². The van der Waals surface area contributed by atoms with Crippen molar-refractivity contribution in [2.45, 2.75) is 26.3 Å². The van der Waals surface area contributed by atoms with Gasteiger partial charge in [0.2, 0.25) is 5.89 Å². The van der Waals surface area contributed by atoms with Crippen LogP contribution in [0.5, 0.6) is 0 Å². The lowest BCUT2D eigenvalue weighted by atomic mass is 10.1. The molecular weight excluding hydrogens is 294 g/mol. The zero-order chi connectivity index (χ0) is 16.4. The molecule has 1 aliphatic heterocycles. The quantitative estimate of drug-likeness (QED) is 0.853. The van der Waals surface area contributed by atoms with Gasteiger partial charge in [-0.1, -0.05) is 12.1 Å². The summed E-state index contributed by atoms with van der Waals surface area (Å²) in [6.45, 7) is 5.82. The summed E-state index contributed by atoms with van der Waals surface area (Å²) in [7, 11) is 2.01. The summed E-state index contributed by atoms with van der Waals surface area (Å²) in [5.41, 5.74) is 1.70. The van der Waals surface area contributed by atoms with E-state index in [2.05, 4.69) is 20.0 Å². The number of carbonyl (C=O) groups is 1. The normalized spacial score (nSPS) is 19.1. The molecule has 2 aromatic heterocycles. The van der Waals surface area contributed by atoms with Gasteiger partial charge >= 0.3 is 0 Å². The highest BCUT2D eigenvalue weighted by Crippen LogP contribution is 2.24. The number of aromatic nitrogens is 3. The standard InChI is InChI=1S/C16H21N5O2/c1-4-12-9-17-6-5-13(12)16(22)21-8-7-20(3)14(10-21)15-18-11(2)19-23-15/h5-6,9,14H,4,7-8,10H2,1-3H3. The number of amides is 1. The molecule has 3 rings (SSSR count). The third kappa shape index (κ3) is 3.10. The van der Waals surface area contributed by atoms with Crippen LogP contribution < -0.4 is 0 Å². The molecule has 23 heavy (non-hydrogen) atoms. The molecule has 7 heteroatoms. The molecule has 0 spiro atoms. The van der Waals surface area contributed by atoms with E-state index in [4.69, 9.17) is 4.52 Å². The van der Waals surface area contributed by atoms with Crippen LogP contribution in [0.4, 0.5) is 0 Å². The number of hydrogen-bond acceptors (Lipinski definition) is 6.